The summed E-state index contributed by atoms with van der Waals surface area (Å²) in [5.74, 6) is 4.87. The molecule has 0 fully saturated rings. The Morgan fingerprint density at radius 1 is 1.08 bits per heavy atom. The van der Waals surface area contributed by atoms with Crippen molar-refractivity contribution in [2.45, 2.75) is 78.2 Å². The van der Waals surface area contributed by atoms with Crippen LogP contribution in [0.5, 0.6) is 17.2 Å². The van der Waals surface area contributed by atoms with Crippen molar-refractivity contribution in [1.29, 1.82) is 0 Å². The first-order valence-electron chi connectivity index (χ1n) is 20.0. The zero-order chi connectivity index (χ0) is 43.0. The zero-order valence-corrected chi connectivity index (χ0v) is 34.5. The highest BCUT2D eigenvalue weighted by Crippen LogP contribution is 2.42. The molecule has 0 bridgehead atoms. The van der Waals surface area contributed by atoms with Crippen LogP contribution in [0.4, 0.5) is 5.69 Å². The quantitative estimate of drug-likeness (QED) is 0.0288. The van der Waals surface area contributed by atoms with E-state index in [9.17, 15) is 29.7 Å². The first kappa shape index (κ1) is 41.6. The lowest BCUT2D eigenvalue weighted by molar-refractivity contribution is -0.172. The Bertz CT molecular complexity index is 2580. The number of nitrogens with one attached hydrogen (secondary N) is 1. The first-order chi connectivity index (χ1) is 28.7. The van der Waals surface area contributed by atoms with E-state index in [0.717, 1.165) is 16.5 Å². The normalized spacial score (nSPS) is 16.4. The highest BCUT2D eigenvalue weighted by atomic mass is 16.6. The van der Waals surface area contributed by atoms with E-state index in [2.05, 4.69) is 15.4 Å². The molecule has 3 aromatic heterocycles. The van der Waals surface area contributed by atoms with E-state index < -0.39 is 23.5 Å². The molecule has 7 rings (SSSR count). The molecule has 5 aromatic rings. The number of hydrogen-bond acceptors (Lipinski definition) is 13. The van der Waals surface area contributed by atoms with Crippen LogP contribution < -0.4 is 26.4 Å². The smallest absolute Gasteiger partial charge is 0.343 e. The number of hydrazone groups is 1. The lowest BCUT2D eigenvalue weighted by Crippen LogP contribution is -2.47. The molecule has 16 heteroatoms. The van der Waals surface area contributed by atoms with Crippen molar-refractivity contribution in [3.8, 4) is 28.6 Å². The molecule has 2 atom stereocenters. The van der Waals surface area contributed by atoms with Gasteiger partial charge in [0.05, 0.1) is 46.9 Å². The van der Waals surface area contributed by atoms with Gasteiger partial charge in [-0.25, -0.2) is 9.78 Å². The molecule has 2 aromatic carbocycles. The summed E-state index contributed by atoms with van der Waals surface area (Å²) in [6.45, 7) is 10.3. The number of phenols is 2. The first-order valence-corrected chi connectivity index (χ1v) is 20.0. The van der Waals surface area contributed by atoms with Crippen LogP contribution >= 0.6 is 0 Å². The lowest BCUT2D eigenvalue weighted by atomic mass is 9.86. The SMILES string of the molecule is CCc1c2c(nc3ccc(OCN(C)CCNC(=O)/C(=N/N)N(c4cccnc4)C(C)c4cc(C(C)C)c(O)cc4O)cc13)-c1cc3c(c(=O)n1C2)COC(=O)C3(O)CC. The Balaban J connectivity index is 1.04. The van der Waals surface area contributed by atoms with Crippen molar-refractivity contribution in [2.24, 2.45) is 10.9 Å². The summed E-state index contributed by atoms with van der Waals surface area (Å²) in [5.41, 5.74) is 3.80. The fourth-order valence-corrected chi connectivity index (χ4v) is 8.13. The number of aliphatic hydroxyl groups is 1. The van der Waals surface area contributed by atoms with Gasteiger partial charge in [0.25, 0.3) is 11.5 Å². The minimum atomic E-state index is -1.90. The summed E-state index contributed by atoms with van der Waals surface area (Å²) >= 11 is 0. The summed E-state index contributed by atoms with van der Waals surface area (Å²) in [5, 5.41) is 40.3. The van der Waals surface area contributed by atoms with Crippen molar-refractivity contribution in [3.05, 3.63) is 105 Å². The number of anilines is 1. The minimum Gasteiger partial charge on any atom is -0.508 e. The number of pyridine rings is 3. The number of esters is 1. The van der Waals surface area contributed by atoms with Crippen LogP contribution in [0.25, 0.3) is 22.3 Å². The molecular weight excluding hydrogens is 769 g/mol. The fraction of sp³-hybridized carbons (Fsp3) is 0.364. The summed E-state index contributed by atoms with van der Waals surface area (Å²) in [6, 6.07) is 13.2. The Kier molecular flexibility index (Phi) is 11.5. The lowest BCUT2D eigenvalue weighted by Gasteiger charge is -2.32. The van der Waals surface area contributed by atoms with Gasteiger partial charge >= 0.3 is 5.97 Å². The molecule has 0 spiro atoms. The molecule has 2 aliphatic heterocycles. The summed E-state index contributed by atoms with van der Waals surface area (Å²) < 4.78 is 13.0. The van der Waals surface area contributed by atoms with Gasteiger partial charge in [-0.1, -0.05) is 27.7 Å². The maximum absolute atomic E-state index is 13.7. The average molecular weight is 819 g/mol. The van der Waals surface area contributed by atoms with Crippen molar-refractivity contribution >= 4 is 34.3 Å². The van der Waals surface area contributed by atoms with E-state index in [1.807, 2.05) is 50.9 Å². The largest absolute Gasteiger partial charge is 0.508 e. The molecule has 6 N–H and O–H groups in total. The Morgan fingerprint density at radius 3 is 2.53 bits per heavy atom. The third-order valence-electron chi connectivity index (χ3n) is 11.5. The molecule has 0 aliphatic carbocycles. The number of phenolic OH excluding ortho intramolecular Hbond substituents is 2. The number of ether oxygens (including phenoxy) is 2. The second kappa shape index (κ2) is 16.6. The van der Waals surface area contributed by atoms with Crippen LogP contribution in [0.3, 0.4) is 0 Å². The molecule has 0 radical (unpaired) electrons. The molecule has 60 heavy (non-hydrogen) atoms. The number of hydrogen-bond donors (Lipinski definition) is 5. The standard InChI is InChI=1S/C44H50N8O8/c1-7-28-31-16-27(11-12-35(31)48-39-32(28)21-51-36(39)18-34-33(42(51)56)22-59-43(57)44(34,58)8-2)60-23-50(6)15-14-47-41(55)40(49-45)52(26-10-9-13-46-20-26)25(5)30-17-29(24(3)4)37(53)19-38(30)54/h9-13,16-20,24-25,53-54,58H,7-8,14-15,21-23,45H2,1-6H3,(H,47,55)/b49-40-. The number of fused-ring (bicyclic) bond motifs is 5. The van der Waals surface area contributed by atoms with Gasteiger partial charge < -0.3 is 45.4 Å². The number of benzene rings is 2. The third kappa shape index (κ3) is 7.36. The predicted octanol–water partition coefficient (Wildman–Crippen LogP) is 4.50. The van der Waals surface area contributed by atoms with E-state index in [0.29, 0.717) is 59.0 Å². The van der Waals surface area contributed by atoms with Gasteiger partial charge in [0, 0.05) is 47.4 Å². The maximum Gasteiger partial charge on any atom is 0.343 e. The molecule has 0 saturated carbocycles. The third-order valence-corrected chi connectivity index (χ3v) is 11.5. The second-order valence-corrected chi connectivity index (χ2v) is 15.5. The molecular formula is C44H50N8O8. The van der Waals surface area contributed by atoms with Crippen molar-refractivity contribution in [1.82, 2.24) is 24.8 Å². The van der Waals surface area contributed by atoms with Crippen LogP contribution in [0.15, 0.2) is 70.8 Å². The molecule has 2 aliphatic rings. The Labute approximate surface area is 346 Å². The van der Waals surface area contributed by atoms with Crippen LogP contribution in [0.2, 0.25) is 0 Å². The number of aryl methyl sites for hydroxylation is 1. The van der Waals surface area contributed by atoms with Crippen molar-refractivity contribution in [2.75, 3.05) is 31.8 Å². The topological polar surface area (TPSA) is 218 Å². The minimum absolute atomic E-state index is 0.0233. The number of rotatable bonds is 12. The average Bonchev–Trinajstić information content (AvgIpc) is 3.60. The molecule has 5 heterocycles. The molecule has 314 valence electrons. The number of amides is 1. The number of aromatic nitrogens is 3. The van der Waals surface area contributed by atoms with Crippen LogP contribution in [0, 0.1) is 0 Å². The molecule has 0 saturated heterocycles. The predicted molar refractivity (Wildman–Crippen MR) is 226 cm³/mol. The number of carbonyl (C=O) groups excluding carboxylic acids is 2. The van der Waals surface area contributed by atoms with E-state index in [1.54, 1.807) is 60.0 Å². The van der Waals surface area contributed by atoms with Crippen LogP contribution in [-0.2, 0) is 39.5 Å². The van der Waals surface area contributed by atoms with Crippen LogP contribution in [0.1, 0.15) is 86.4 Å². The summed E-state index contributed by atoms with van der Waals surface area (Å²) in [7, 11) is 1.85. The Hall–Kier alpha value is -6.52. The van der Waals surface area contributed by atoms with Crippen molar-refractivity contribution < 1.29 is 34.4 Å². The summed E-state index contributed by atoms with van der Waals surface area (Å²) in [6.07, 6.45) is 3.90. The highest BCUT2D eigenvalue weighted by Gasteiger charge is 2.45. The zero-order valence-electron chi connectivity index (χ0n) is 34.5. The maximum atomic E-state index is 13.7. The van der Waals surface area contributed by atoms with Gasteiger partial charge in [-0.3, -0.25) is 19.5 Å². The van der Waals surface area contributed by atoms with Gasteiger partial charge in [-0.2, -0.15) is 5.10 Å². The number of likely N-dealkylation sites (N-methyl/N-ethyl adjacent to an activating group) is 1. The van der Waals surface area contributed by atoms with Gasteiger partial charge in [-0.15, -0.1) is 0 Å². The number of cyclic esters (lactones) is 1. The Morgan fingerprint density at radius 2 is 1.85 bits per heavy atom. The molecule has 2 unspecified atom stereocenters. The number of aromatic hydroxyl groups is 2. The van der Waals surface area contributed by atoms with Crippen molar-refractivity contribution in [3.63, 3.8) is 0 Å². The van der Waals surface area contributed by atoms with E-state index in [1.165, 1.54) is 6.07 Å². The molecule has 1 amide bonds. The summed E-state index contributed by atoms with van der Waals surface area (Å²) in [4.78, 5) is 52.7. The van der Waals surface area contributed by atoms with Gasteiger partial charge in [0.15, 0.2) is 5.60 Å². The second-order valence-electron chi connectivity index (χ2n) is 15.5. The monoisotopic (exact) mass is 818 g/mol. The highest BCUT2D eigenvalue weighted by molar-refractivity contribution is 6.43. The van der Waals surface area contributed by atoms with Crippen LogP contribution in [-0.4, -0.2) is 79.3 Å². The van der Waals surface area contributed by atoms with Gasteiger partial charge in [0.2, 0.25) is 5.84 Å². The van der Waals surface area contributed by atoms with E-state index >= 15 is 0 Å². The van der Waals surface area contributed by atoms with E-state index in [-0.39, 0.29) is 66.2 Å². The number of nitrogens with zero attached hydrogens (tertiary/aromatic N) is 6. The number of amidine groups is 1. The van der Waals surface area contributed by atoms with Gasteiger partial charge in [0.1, 0.15) is 30.6 Å². The fourth-order valence-electron chi connectivity index (χ4n) is 8.13. The van der Waals surface area contributed by atoms with Gasteiger partial charge in [-0.05, 0) is 86.3 Å². The molecule has 16 nitrogen and oxygen atoms in total. The van der Waals surface area contributed by atoms with E-state index in [4.69, 9.17) is 20.3 Å². The number of carbonyl (C=O) groups is 2. The number of nitrogens with two attached hydrogens (primary N) is 1.